The number of ether oxygens (including phenoxy) is 1. The smallest absolute Gasteiger partial charge is 0.294 e. The van der Waals surface area contributed by atoms with E-state index in [1.807, 2.05) is 0 Å². The van der Waals surface area contributed by atoms with E-state index < -0.39 is 5.09 Å². The summed E-state index contributed by atoms with van der Waals surface area (Å²) in [4.78, 5) is 37.9. The van der Waals surface area contributed by atoms with Gasteiger partial charge in [-0.05, 0) is 12.1 Å². The van der Waals surface area contributed by atoms with Gasteiger partial charge in [-0.1, -0.05) is 0 Å². The van der Waals surface area contributed by atoms with Crippen molar-refractivity contribution in [2.45, 2.75) is 0 Å². The lowest BCUT2D eigenvalue weighted by Crippen LogP contribution is -2.40. The summed E-state index contributed by atoms with van der Waals surface area (Å²) in [6, 6.07) is 4.61. The maximum Gasteiger partial charge on any atom is 0.294 e. The molecule has 9 heteroatoms. The average molecular weight is 281 g/mol. The Hall–Kier alpha value is -2.84. The minimum Gasteiger partial charge on any atom is -0.472 e. The van der Waals surface area contributed by atoms with Crippen molar-refractivity contribution in [2.75, 3.05) is 25.2 Å². The van der Waals surface area contributed by atoms with Crippen LogP contribution in [-0.2, 0) is 9.63 Å². The fourth-order valence-corrected chi connectivity index (χ4v) is 1.74. The molecule has 1 aromatic rings. The molecule has 0 spiro atoms. The van der Waals surface area contributed by atoms with E-state index in [0.717, 1.165) is 0 Å². The second-order valence-electron chi connectivity index (χ2n) is 3.87. The summed E-state index contributed by atoms with van der Waals surface area (Å²) >= 11 is 0. The van der Waals surface area contributed by atoms with Crippen LogP contribution >= 0.6 is 0 Å². The number of nitrogens with one attached hydrogen (secondary N) is 1. The lowest BCUT2D eigenvalue weighted by atomic mass is 10.1. The third kappa shape index (κ3) is 2.94. The van der Waals surface area contributed by atoms with Crippen molar-refractivity contribution in [1.82, 2.24) is 4.90 Å². The van der Waals surface area contributed by atoms with Gasteiger partial charge < -0.3 is 19.8 Å². The number of rotatable bonds is 6. The van der Waals surface area contributed by atoms with Gasteiger partial charge >= 0.3 is 0 Å². The molecule has 9 nitrogen and oxygen atoms in total. The van der Waals surface area contributed by atoms with Gasteiger partial charge in [-0.25, -0.2) is 0 Å². The minimum absolute atomic E-state index is 0.0303. The SMILES string of the molecule is O=CNc1ccc2c(c1)OCN(CCO[N+](=O)[O-])C2=O. The summed E-state index contributed by atoms with van der Waals surface area (Å²) in [7, 11) is 0. The topological polar surface area (TPSA) is 111 Å². The Bertz CT molecular complexity index is 547. The standard InChI is InChI=1S/C11H11N3O6/c15-6-12-8-1-2-9-10(5-8)19-7-13(11(9)16)3-4-20-14(17)18/h1-2,5-6H,3-4,7H2,(H,12,15). The molecule has 0 bridgehead atoms. The number of nitrogens with zero attached hydrogens (tertiary/aromatic N) is 2. The Morgan fingerprint density at radius 1 is 1.55 bits per heavy atom. The highest BCUT2D eigenvalue weighted by Crippen LogP contribution is 2.27. The molecule has 0 aliphatic carbocycles. The van der Waals surface area contributed by atoms with E-state index in [4.69, 9.17) is 4.74 Å². The third-order valence-corrected chi connectivity index (χ3v) is 2.66. The lowest BCUT2D eigenvalue weighted by Gasteiger charge is -2.28. The molecule has 2 rings (SSSR count). The molecule has 0 fully saturated rings. The first-order valence-corrected chi connectivity index (χ1v) is 5.65. The molecule has 0 saturated carbocycles. The average Bonchev–Trinajstić information content (AvgIpc) is 2.41. The number of amides is 2. The van der Waals surface area contributed by atoms with Gasteiger partial charge in [0.1, 0.15) is 12.4 Å². The summed E-state index contributed by atoms with van der Waals surface area (Å²) in [6.45, 7) is -0.201. The first kappa shape index (κ1) is 13.6. The summed E-state index contributed by atoms with van der Waals surface area (Å²) in [5.41, 5.74) is 0.838. The van der Waals surface area contributed by atoms with Gasteiger partial charge in [0.05, 0.1) is 5.56 Å². The van der Waals surface area contributed by atoms with Crippen LogP contribution in [0.5, 0.6) is 5.75 Å². The van der Waals surface area contributed by atoms with Gasteiger partial charge in [0.2, 0.25) is 6.41 Å². The van der Waals surface area contributed by atoms with Crippen LogP contribution in [-0.4, -0.2) is 42.2 Å². The van der Waals surface area contributed by atoms with E-state index in [2.05, 4.69) is 10.2 Å². The normalized spacial score (nSPS) is 13.2. The zero-order valence-electron chi connectivity index (χ0n) is 10.3. The summed E-state index contributed by atoms with van der Waals surface area (Å²) in [6.07, 6.45) is 0.521. The number of anilines is 1. The van der Waals surface area contributed by atoms with Gasteiger partial charge in [-0.15, -0.1) is 10.1 Å². The van der Waals surface area contributed by atoms with Crippen LogP contribution in [0.3, 0.4) is 0 Å². The van der Waals surface area contributed by atoms with Crippen molar-refractivity contribution in [3.05, 3.63) is 33.9 Å². The molecule has 1 aromatic carbocycles. The Morgan fingerprint density at radius 3 is 3.05 bits per heavy atom. The molecular formula is C11H11N3O6. The fraction of sp³-hybridized carbons (Fsp3) is 0.273. The first-order chi connectivity index (χ1) is 9.61. The maximum absolute atomic E-state index is 12.1. The quantitative estimate of drug-likeness (QED) is 0.454. The van der Waals surface area contributed by atoms with E-state index >= 15 is 0 Å². The Morgan fingerprint density at radius 2 is 2.35 bits per heavy atom. The molecule has 20 heavy (non-hydrogen) atoms. The molecule has 0 unspecified atom stereocenters. The third-order valence-electron chi connectivity index (χ3n) is 2.66. The van der Waals surface area contributed by atoms with Gasteiger partial charge in [0, 0.05) is 18.3 Å². The van der Waals surface area contributed by atoms with Crippen LogP contribution in [0.4, 0.5) is 5.69 Å². The van der Waals surface area contributed by atoms with E-state index in [0.29, 0.717) is 23.4 Å². The van der Waals surface area contributed by atoms with E-state index in [1.165, 1.54) is 17.0 Å². The first-order valence-electron chi connectivity index (χ1n) is 5.65. The Balaban J connectivity index is 2.05. The van der Waals surface area contributed by atoms with Crippen LogP contribution in [0, 0.1) is 10.1 Å². The van der Waals surface area contributed by atoms with Crippen LogP contribution in [0.15, 0.2) is 18.2 Å². The summed E-state index contributed by atoms with van der Waals surface area (Å²) in [5, 5.41) is 11.6. The van der Waals surface area contributed by atoms with E-state index in [-0.39, 0.29) is 25.8 Å². The van der Waals surface area contributed by atoms with Crippen molar-refractivity contribution >= 4 is 18.0 Å². The number of carbonyl (C=O) groups is 2. The molecule has 1 aliphatic heterocycles. The number of hydrogen-bond acceptors (Lipinski definition) is 6. The van der Waals surface area contributed by atoms with Crippen molar-refractivity contribution < 1.29 is 24.3 Å². The largest absolute Gasteiger partial charge is 0.472 e. The van der Waals surface area contributed by atoms with Crippen LogP contribution in [0.25, 0.3) is 0 Å². The highest BCUT2D eigenvalue weighted by atomic mass is 16.9. The predicted octanol–water partition coefficient (Wildman–Crippen LogP) is 0.255. The molecule has 2 amide bonds. The fourth-order valence-electron chi connectivity index (χ4n) is 1.74. The monoisotopic (exact) mass is 281 g/mol. The van der Waals surface area contributed by atoms with Crippen LogP contribution < -0.4 is 10.1 Å². The van der Waals surface area contributed by atoms with E-state index in [1.54, 1.807) is 6.07 Å². The number of fused-ring (bicyclic) bond motifs is 1. The second kappa shape index (κ2) is 5.87. The lowest BCUT2D eigenvalue weighted by molar-refractivity contribution is -0.757. The molecule has 0 aromatic heterocycles. The summed E-state index contributed by atoms with van der Waals surface area (Å²) < 4.78 is 5.37. The molecule has 0 saturated heterocycles. The van der Waals surface area contributed by atoms with E-state index in [9.17, 15) is 19.7 Å². The van der Waals surface area contributed by atoms with Gasteiger partial charge in [-0.2, -0.15) is 0 Å². The van der Waals surface area contributed by atoms with Crippen molar-refractivity contribution in [1.29, 1.82) is 0 Å². The zero-order chi connectivity index (χ0) is 14.5. The van der Waals surface area contributed by atoms with Gasteiger partial charge in [0.15, 0.2) is 6.73 Å². The second-order valence-corrected chi connectivity index (χ2v) is 3.87. The minimum atomic E-state index is -0.916. The van der Waals surface area contributed by atoms with Crippen LogP contribution in [0.1, 0.15) is 10.4 Å². The molecular weight excluding hydrogens is 270 g/mol. The molecule has 0 radical (unpaired) electrons. The number of carbonyl (C=O) groups excluding carboxylic acids is 2. The number of benzene rings is 1. The van der Waals surface area contributed by atoms with Gasteiger partial charge in [-0.3, -0.25) is 9.59 Å². The molecule has 1 heterocycles. The highest BCUT2D eigenvalue weighted by molar-refractivity contribution is 5.98. The summed E-state index contributed by atoms with van der Waals surface area (Å²) in [5.74, 6) is 0.0455. The van der Waals surface area contributed by atoms with Gasteiger partial charge in [0.25, 0.3) is 11.0 Å². The molecule has 0 atom stereocenters. The number of hydrogen-bond donors (Lipinski definition) is 1. The van der Waals surface area contributed by atoms with Crippen molar-refractivity contribution in [3.63, 3.8) is 0 Å². The zero-order valence-corrected chi connectivity index (χ0v) is 10.3. The highest BCUT2D eigenvalue weighted by Gasteiger charge is 2.25. The maximum atomic E-state index is 12.1. The molecule has 106 valence electrons. The van der Waals surface area contributed by atoms with Crippen molar-refractivity contribution in [3.8, 4) is 5.75 Å². The van der Waals surface area contributed by atoms with Crippen LogP contribution in [0.2, 0.25) is 0 Å². The molecule has 1 N–H and O–H groups in total. The Kier molecular flexibility index (Phi) is 3.99. The van der Waals surface area contributed by atoms with Crippen molar-refractivity contribution in [2.24, 2.45) is 0 Å². The predicted molar refractivity (Wildman–Crippen MR) is 65.6 cm³/mol. The molecule has 1 aliphatic rings. The Labute approximate surface area is 113 Å².